The first-order valence-electron chi connectivity index (χ1n) is 11.0. The van der Waals surface area contributed by atoms with E-state index in [2.05, 4.69) is 5.32 Å². The van der Waals surface area contributed by atoms with Gasteiger partial charge in [0.1, 0.15) is 11.6 Å². The minimum absolute atomic E-state index is 0.0672. The molecule has 2 amide bonds. The number of rotatable bonds is 3. The molecule has 1 aliphatic heterocycles. The van der Waals surface area contributed by atoms with Crippen LogP contribution in [0.3, 0.4) is 0 Å². The molecule has 6 heteroatoms. The fourth-order valence-electron chi connectivity index (χ4n) is 6.79. The van der Waals surface area contributed by atoms with Crippen LogP contribution in [0.15, 0.2) is 18.2 Å². The molecule has 5 aliphatic rings. The number of carbonyl (C=O) groups excluding carboxylic acids is 2. The van der Waals surface area contributed by atoms with Gasteiger partial charge in [0.05, 0.1) is 5.56 Å². The van der Waals surface area contributed by atoms with Crippen LogP contribution in [0.2, 0.25) is 0 Å². The van der Waals surface area contributed by atoms with Gasteiger partial charge in [-0.25, -0.2) is 8.78 Å². The minimum Gasteiger partial charge on any atom is -0.353 e. The molecule has 1 heterocycles. The standard InChI is InChI=1S/C23H28F2N2O2/c24-17-1-2-19(20(25)10-17)21(28)27-5-3-18(4-6-27)26-22(29)23-11-14-7-15(12-23)9-16(8-14)13-23/h1-2,10,14-16,18H,3-9,11-13H2,(H,26,29). The average Bonchev–Trinajstić information content (AvgIpc) is 2.67. The lowest BCUT2D eigenvalue weighted by atomic mass is 9.49. The molecule has 5 fully saturated rings. The van der Waals surface area contributed by atoms with E-state index < -0.39 is 17.5 Å². The molecule has 4 nitrogen and oxygen atoms in total. The summed E-state index contributed by atoms with van der Waals surface area (Å²) in [6.07, 6.45) is 8.43. The molecule has 1 aromatic rings. The zero-order valence-electron chi connectivity index (χ0n) is 16.6. The van der Waals surface area contributed by atoms with Gasteiger partial charge in [0.15, 0.2) is 0 Å². The number of hydrogen-bond acceptors (Lipinski definition) is 2. The Morgan fingerprint density at radius 1 is 0.966 bits per heavy atom. The van der Waals surface area contributed by atoms with E-state index in [1.165, 1.54) is 25.3 Å². The lowest BCUT2D eigenvalue weighted by Gasteiger charge is -2.56. The summed E-state index contributed by atoms with van der Waals surface area (Å²) >= 11 is 0. The number of nitrogens with one attached hydrogen (secondary N) is 1. The Balaban J connectivity index is 1.18. The molecule has 4 saturated carbocycles. The van der Waals surface area contributed by atoms with Gasteiger partial charge in [0.2, 0.25) is 5.91 Å². The molecule has 0 aromatic heterocycles. The Morgan fingerprint density at radius 2 is 1.55 bits per heavy atom. The molecule has 4 aliphatic carbocycles. The number of nitrogens with zero attached hydrogens (tertiary/aromatic N) is 1. The van der Waals surface area contributed by atoms with Crippen LogP contribution in [0, 0.1) is 34.8 Å². The summed E-state index contributed by atoms with van der Waals surface area (Å²) < 4.78 is 27.0. The molecule has 6 rings (SSSR count). The zero-order valence-corrected chi connectivity index (χ0v) is 16.6. The first-order valence-corrected chi connectivity index (χ1v) is 11.0. The van der Waals surface area contributed by atoms with Crippen LogP contribution in [-0.4, -0.2) is 35.8 Å². The predicted molar refractivity (Wildman–Crippen MR) is 104 cm³/mol. The number of halogens is 2. The first-order chi connectivity index (χ1) is 13.9. The van der Waals surface area contributed by atoms with Gasteiger partial charge in [-0.05, 0) is 81.3 Å². The highest BCUT2D eigenvalue weighted by atomic mass is 19.1. The van der Waals surface area contributed by atoms with Crippen molar-refractivity contribution in [1.29, 1.82) is 0 Å². The van der Waals surface area contributed by atoms with E-state index in [1.54, 1.807) is 4.90 Å². The summed E-state index contributed by atoms with van der Waals surface area (Å²) in [6, 6.07) is 3.12. The van der Waals surface area contributed by atoms with Crippen molar-refractivity contribution in [1.82, 2.24) is 10.2 Å². The van der Waals surface area contributed by atoms with Gasteiger partial charge in [-0.15, -0.1) is 0 Å². The second kappa shape index (κ2) is 7.06. The number of piperidine rings is 1. The Hall–Kier alpha value is -1.98. The van der Waals surface area contributed by atoms with E-state index in [4.69, 9.17) is 0 Å². The molecule has 4 bridgehead atoms. The Kier molecular flexibility index (Phi) is 4.63. The summed E-state index contributed by atoms with van der Waals surface area (Å²) in [7, 11) is 0. The maximum Gasteiger partial charge on any atom is 0.256 e. The summed E-state index contributed by atoms with van der Waals surface area (Å²) in [5, 5.41) is 3.29. The summed E-state index contributed by atoms with van der Waals surface area (Å²) in [4.78, 5) is 27.4. The zero-order chi connectivity index (χ0) is 20.2. The van der Waals surface area contributed by atoms with Crippen molar-refractivity contribution in [3.63, 3.8) is 0 Å². The van der Waals surface area contributed by atoms with Gasteiger partial charge < -0.3 is 10.2 Å². The van der Waals surface area contributed by atoms with E-state index in [0.29, 0.717) is 25.9 Å². The van der Waals surface area contributed by atoms with Gasteiger partial charge in [-0.2, -0.15) is 0 Å². The second-order valence-corrected chi connectivity index (χ2v) is 9.86. The molecule has 0 unspecified atom stereocenters. The molecule has 156 valence electrons. The summed E-state index contributed by atoms with van der Waals surface area (Å²) in [5.74, 6) is 0.503. The Labute approximate surface area is 170 Å². The van der Waals surface area contributed by atoms with Gasteiger partial charge in [-0.3, -0.25) is 9.59 Å². The van der Waals surface area contributed by atoms with Crippen LogP contribution in [0.5, 0.6) is 0 Å². The van der Waals surface area contributed by atoms with Gasteiger partial charge in [0, 0.05) is 30.6 Å². The highest BCUT2D eigenvalue weighted by molar-refractivity contribution is 5.94. The number of hydrogen-bond donors (Lipinski definition) is 1. The van der Waals surface area contributed by atoms with E-state index in [1.807, 2.05) is 0 Å². The summed E-state index contributed by atoms with van der Waals surface area (Å²) in [6.45, 7) is 0.947. The van der Waals surface area contributed by atoms with Crippen LogP contribution >= 0.6 is 0 Å². The number of likely N-dealkylation sites (tertiary alicyclic amines) is 1. The largest absolute Gasteiger partial charge is 0.353 e. The van der Waals surface area contributed by atoms with Crippen molar-refractivity contribution in [2.24, 2.45) is 23.2 Å². The highest BCUT2D eigenvalue weighted by Crippen LogP contribution is 2.60. The van der Waals surface area contributed by atoms with Crippen molar-refractivity contribution in [2.75, 3.05) is 13.1 Å². The van der Waals surface area contributed by atoms with Crippen molar-refractivity contribution in [3.8, 4) is 0 Å². The molecular weight excluding hydrogens is 374 g/mol. The van der Waals surface area contributed by atoms with Gasteiger partial charge in [-0.1, -0.05) is 0 Å². The molecule has 1 N–H and O–H groups in total. The normalized spacial score (nSPS) is 33.7. The van der Waals surface area contributed by atoms with Crippen LogP contribution in [0.4, 0.5) is 8.78 Å². The van der Waals surface area contributed by atoms with Crippen molar-refractivity contribution < 1.29 is 18.4 Å². The molecule has 0 radical (unpaired) electrons. The van der Waals surface area contributed by atoms with Crippen LogP contribution in [0.1, 0.15) is 61.7 Å². The molecule has 29 heavy (non-hydrogen) atoms. The van der Waals surface area contributed by atoms with Crippen LogP contribution in [-0.2, 0) is 4.79 Å². The third-order valence-electron chi connectivity index (χ3n) is 7.80. The average molecular weight is 402 g/mol. The Bertz CT molecular complexity index is 797. The molecule has 1 saturated heterocycles. The third kappa shape index (κ3) is 3.44. The maximum absolute atomic E-state index is 13.9. The van der Waals surface area contributed by atoms with Crippen molar-refractivity contribution >= 4 is 11.8 Å². The maximum atomic E-state index is 13.9. The van der Waals surface area contributed by atoms with E-state index >= 15 is 0 Å². The highest BCUT2D eigenvalue weighted by Gasteiger charge is 2.54. The monoisotopic (exact) mass is 402 g/mol. The second-order valence-electron chi connectivity index (χ2n) is 9.86. The quantitative estimate of drug-likeness (QED) is 0.834. The van der Waals surface area contributed by atoms with Crippen molar-refractivity contribution in [2.45, 2.75) is 57.4 Å². The number of benzene rings is 1. The predicted octanol–water partition coefficient (Wildman–Crippen LogP) is 3.90. The smallest absolute Gasteiger partial charge is 0.256 e. The fraction of sp³-hybridized carbons (Fsp3) is 0.652. The Morgan fingerprint density at radius 3 is 2.10 bits per heavy atom. The first kappa shape index (κ1) is 19.0. The molecule has 1 aromatic carbocycles. The van der Waals surface area contributed by atoms with Crippen molar-refractivity contribution in [3.05, 3.63) is 35.4 Å². The molecule has 0 spiro atoms. The fourth-order valence-corrected chi connectivity index (χ4v) is 6.79. The number of amides is 2. The molecule has 0 atom stereocenters. The third-order valence-corrected chi connectivity index (χ3v) is 7.80. The number of carbonyl (C=O) groups is 2. The van der Waals surface area contributed by atoms with Crippen LogP contribution in [0.25, 0.3) is 0 Å². The van der Waals surface area contributed by atoms with E-state index in [9.17, 15) is 18.4 Å². The lowest BCUT2D eigenvalue weighted by molar-refractivity contribution is -0.147. The topological polar surface area (TPSA) is 49.4 Å². The van der Waals surface area contributed by atoms with Gasteiger partial charge >= 0.3 is 0 Å². The van der Waals surface area contributed by atoms with Crippen LogP contribution < -0.4 is 5.32 Å². The van der Waals surface area contributed by atoms with E-state index in [-0.39, 0.29) is 22.9 Å². The SMILES string of the molecule is O=C(c1ccc(F)cc1F)N1CCC(NC(=O)C23CC4CC(CC(C4)C2)C3)CC1. The lowest BCUT2D eigenvalue weighted by Crippen LogP contribution is -2.56. The van der Waals surface area contributed by atoms with Gasteiger partial charge in [0.25, 0.3) is 5.91 Å². The van der Waals surface area contributed by atoms with E-state index in [0.717, 1.165) is 49.1 Å². The summed E-state index contributed by atoms with van der Waals surface area (Å²) in [5.41, 5.74) is -0.249. The molecular formula is C23H28F2N2O2. The minimum atomic E-state index is -0.827.